The Balaban J connectivity index is 2.80. The quantitative estimate of drug-likeness (QED) is 0.720. The zero-order valence-corrected chi connectivity index (χ0v) is 8.63. The first-order valence-corrected chi connectivity index (χ1v) is 4.41. The van der Waals surface area contributed by atoms with Crippen LogP contribution in [-0.2, 0) is 6.54 Å². The van der Waals surface area contributed by atoms with E-state index in [4.69, 9.17) is 5.73 Å². The van der Waals surface area contributed by atoms with Gasteiger partial charge in [-0.25, -0.2) is 4.68 Å². The van der Waals surface area contributed by atoms with Gasteiger partial charge in [0.25, 0.3) is 0 Å². The summed E-state index contributed by atoms with van der Waals surface area (Å²) in [6.45, 7) is 8.87. The third-order valence-electron chi connectivity index (χ3n) is 1.49. The number of aromatic nitrogens is 3. The lowest BCUT2D eigenvalue weighted by molar-refractivity contribution is 0.616. The second kappa shape index (κ2) is 3.24. The summed E-state index contributed by atoms with van der Waals surface area (Å²) in [5, 5.41) is 7.34. The number of hydrogen-bond acceptors (Lipinski definition) is 4. The van der Waals surface area contributed by atoms with Crippen LogP contribution in [0.1, 0.15) is 27.7 Å². The van der Waals surface area contributed by atoms with Gasteiger partial charge in [-0.05, 0) is 27.7 Å². The normalized spacial score (nSPS) is 11.7. The molecule has 0 atom stereocenters. The largest absolute Gasteiger partial charge is 0.368 e. The average molecular weight is 183 g/mol. The van der Waals surface area contributed by atoms with Crippen LogP contribution in [0, 0.1) is 0 Å². The molecule has 5 heteroatoms. The van der Waals surface area contributed by atoms with Gasteiger partial charge in [-0.1, -0.05) is 0 Å². The van der Waals surface area contributed by atoms with Crippen LogP contribution in [0.25, 0.3) is 0 Å². The van der Waals surface area contributed by atoms with Crippen molar-refractivity contribution >= 4 is 11.9 Å². The fourth-order valence-electron chi connectivity index (χ4n) is 0.975. The van der Waals surface area contributed by atoms with Crippen molar-refractivity contribution < 1.29 is 0 Å². The standard InChI is InChI=1S/C8H17N5/c1-5-13-6(9)10-7(12-13)11-8(2,3)4/h5H2,1-4H3,(H3,9,10,11,12). The van der Waals surface area contributed by atoms with E-state index in [0.29, 0.717) is 11.9 Å². The first-order valence-electron chi connectivity index (χ1n) is 4.41. The molecule has 0 unspecified atom stereocenters. The molecule has 3 N–H and O–H groups in total. The van der Waals surface area contributed by atoms with Crippen LogP contribution in [0.2, 0.25) is 0 Å². The van der Waals surface area contributed by atoms with Crippen LogP contribution in [0.5, 0.6) is 0 Å². The summed E-state index contributed by atoms with van der Waals surface area (Å²) in [5.74, 6) is 1.04. The molecule has 0 aromatic carbocycles. The molecule has 74 valence electrons. The van der Waals surface area contributed by atoms with Gasteiger partial charge in [-0.15, -0.1) is 5.10 Å². The topological polar surface area (TPSA) is 68.8 Å². The molecule has 5 nitrogen and oxygen atoms in total. The summed E-state index contributed by atoms with van der Waals surface area (Å²) in [6, 6.07) is 0. The smallest absolute Gasteiger partial charge is 0.244 e. The Kier molecular flexibility index (Phi) is 2.45. The summed E-state index contributed by atoms with van der Waals surface area (Å²) in [5.41, 5.74) is 5.58. The minimum Gasteiger partial charge on any atom is -0.368 e. The van der Waals surface area contributed by atoms with Crippen molar-refractivity contribution in [3.8, 4) is 0 Å². The van der Waals surface area contributed by atoms with Crippen LogP contribution in [-0.4, -0.2) is 20.3 Å². The Morgan fingerprint density at radius 2 is 2.08 bits per heavy atom. The highest BCUT2D eigenvalue weighted by atomic mass is 15.4. The van der Waals surface area contributed by atoms with Crippen molar-refractivity contribution in [2.24, 2.45) is 0 Å². The Labute approximate surface area is 78.3 Å². The fourth-order valence-corrected chi connectivity index (χ4v) is 0.975. The number of nitrogens with zero attached hydrogens (tertiary/aromatic N) is 3. The molecule has 13 heavy (non-hydrogen) atoms. The SMILES string of the molecule is CCn1nc(NC(C)(C)C)nc1N. The highest BCUT2D eigenvalue weighted by Crippen LogP contribution is 2.11. The maximum absolute atomic E-state index is 5.62. The average Bonchev–Trinajstić information content (AvgIpc) is 2.26. The lowest BCUT2D eigenvalue weighted by atomic mass is 10.1. The van der Waals surface area contributed by atoms with E-state index >= 15 is 0 Å². The van der Waals surface area contributed by atoms with E-state index in [-0.39, 0.29) is 5.54 Å². The number of nitrogens with one attached hydrogen (secondary N) is 1. The molecule has 1 rings (SSSR count). The van der Waals surface area contributed by atoms with Crippen LogP contribution in [0.4, 0.5) is 11.9 Å². The van der Waals surface area contributed by atoms with E-state index in [1.54, 1.807) is 4.68 Å². The van der Waals surface area contributed by atoms with Gasteiger partial charge in [0.15, 0.2) is 0 Å². The summed E-state index contributed by atoms with van der Waals surface area (Å²) in [7, 11) is 0. The Morgan fingerprint density at radius 3 is 2.46 bits per heavy atom. The van der Waals surface area contributed by atoms with Crippen LogP contribution in [0.15, 0.2) is 0 Å². The predicted octanol–water partition coefficient (Wildman–Crippen LogP) is 1.09. The summed E-state index contributed by atoms with van der Waals surface area (Å²) in [6.07, 6.45) is 0. The zero-order chi connectivity index (χ0) is 10.1. The van der Waals surface area contributed by atoms with Crippen molar-refractivity contribution in [1.82, 2.24) is 14.8 Å². The Morgan fingerprint density at radius 1 is 1.46 bits per heavy atom. The number of anilines is 2. The molecule has 0 fully saturated rings. The second-order valence-electron chi connectivity index (χ2n) is 3.98. The first-order chi connectivity index (χ1) is 5.92. The van der Waals surface area contributed by atoms with Crippen molar-refractivity contribution in [3.05, 3.63) is 0 Å². The number of aryl methyl sites for hydroxylation is 1. The Bertz CT molecular complexity index is 283. The second-order valence-corrected chi connectivity index (χ2v) is 3.98. The zero-order valence-electron chi connectivity index (χ0n) is 8.63. The van der Waals surface area contributed by atoms with Gasteiger partial charge in [0.2, 0.25) is 11.9 Å². The van der Waals surface area contributed by atoms with E-state index in [1.165, 1.54) is 0 Å². The minimum atomic E-state index is -0.0354. The van der Waals surface area contributed by atoms with Gasteiger partial charge >= 0.3 is 0 Å². The van der Waals surface area contributed by atoms with E-state index < -0.39 is 0 Å². The molecule has 1 heterocycles. The van der Waals surface area contributed by atoms with Crippen molar-refractivity contribution in [3.63, 3.8) is 0 Å². The molecule has 0 aliphatic carbocycles. The molecule has 1 aromatic rings. The summed E-state index contributed by atoms with van der Waals surface area (Å²) >= 11 is 0. The summed E-state index contributed by atoms with van der Waals surface area (Å²) in [4.78, 5) is 4.09. The molecular weight excluding hydrogens is 166 g/mol. The van der Waals surface area contributed by atoms with Gasteiger partial charge < -0.3 is 11.1 Å². The van der Waals surface area contributed by atoms with Gasteiger partial charge in [-0.3, -0.25) is 0 Å². The van der Waals surface area contributed by atoms with Crippen molar-refractivity contribution in [2.45, 2.75) is 39.8 Å². The van der Waals surface area contributed by atoms with E-state index in [1.807, 2.05) is 6.92 Å². The molecule has 0 bridgehead atoms. The van der Waals surface area contributed by atoms with Gasteiger partial charge in [0.1, 0.15) is 0 Å². The molecule has 0 aliphatic rings. The highest BCUT2D eigenvalue weighted by molar-refractivity contribution is 5.33. The van der Waals surface area contributed by atoms with Crippen molar-refractivity contribution in [2.75, 3.05) is 11.1 Å². The molecule has 0 saturated heterocycles. The molecule has 0 radical (unpaired) electrons. The van der Waals surface area contributed by atoms with Crippen LogP contribution >= 0.6 is 0 Å². The predicted molar refractivity (Wildman–Crippen MR) is 53.5 cm³/mol. The lowest BCUT2D eigenvalue weighted by Crippen LogP contribution is -2.26. The lowest BCUT2D eigenvalue weighted by Gasteiger charge is -2.18. The van der Waals surface area contributed by atoms with Gasteiger partial charge in [-0.2, -0.15) is 4.98 Å². The van der Waals surface area contributed by atoms with E-state index in [2.05, 4.69) is 36.2 Å². The van der Waals surface area contributed by atoms with E-state index in [9.17, 15) is 0 Å². The Hall–Kier alpha value is -1.26. The number of rotatable bonds is 2. The number of nitrogens with two attached hydrogens (primary N) is 1. The third-order valence-corrected chi connectivity index (χ3v) is 1.49. The molecule has 0 saturated carbocycles. The molecule has 0 aliphatic heterocycles. The molecule has 0 spiro atoms. The maximum Gasteiger partial charge on any atom is 0.244 e. The molecule has 1 aromatic heterocycles. The monoisotopic (exact) mass is 183 g/mol. The molecule has 0 amide bonds. The third kappa shape index (κ3) is 2.61. The first kappa shape index (κ1) is 9.83. The summed E-state index contributed by atoms with van der Waals surface area (Å²) < 4.78 is 1.66. The highest BCUT2D eigenvalue weighted by Gasteiger charge is 2.13. The minimum absolute atomic E-state index is 0.0354. The van der Waals surface area contributed by atoms with Crippen LogP contribution in [0.3, 0.4) is 0 Å². The van der Waals surface area contributed by atoms with Gasteiger partial charge in [0, 0.05) is 12.1 Å². The van der Waals surface area contributed by atoms with E-state index in [0.717, 1.165) is 6.54 Å². The van der Waals surface area contributed by atoms with Gasteiger partial charge in [0.05, 0.1) is 0 Å². The number of hydrogen-bond donors (Lipinski definition) is 2. The van der Waals surface area contributed by atoms with Crippen molar-refractivity contribution in [1.29, 1.82) is 0 Å². The fraction of sp³-hybridized carbons (Fsp3) is 0.750. The van der Waals surface area contributed by atoms with Crippen LogP contribution < -0.4 is 11.1 Å². The maximum atomic E-state index is 5.62. The number of nitrogen functional groups attached to an aromatic ring is 1. The molecular formula is C8H17N5.